The number of hydrogen-bond donors (Lipinski definition) is 1. The highest BCUT2D eigenvalue weighted by Gasteiger charge is 2.17. The first kappa shape index (κ1) is 11.4. The van der Waals surface area contributed by atoms with Crippen molar-refractivity contribution in [3.8, 4) is 0 Å². The number of benzene rings is 1. The molecule has 0 spiro atoms. The van der Waals surface area contributed by atoms with E-state index in [9.17, 15) is 5.11 Å². The maximum atomic E-state index is 9.73. The summed E-state index contributed by atoms with van der Waals surface area (Å²) < 4.78 is 0. The third-order valence-corrected chi connectivity index (χ3v) is 3.17. The van der Waals surface area contributed by atoms with Crippen LogP contribution in [0, 0.1) is 6.07 Å². The fraction of sp³-hybridized carbons (Fsp3) is 0.538. The second-order valence-electron chi connectivity index (χ2n) is 4.45. The summed E-state index contributed by atoms with van der Waals surface area (Å²) in [6.45, 7) is 6.03. The second kappa shape index (κ2) is 4.85. The minimum Gasteiger partial charge on any atom is -0.389 e. The molecule has 1 N–H and O–H groups in total. The normalized spacial score (nSPS) is 19.8. The summed E-state index contributed by atoms with van der Waals surface area (Å²) in [5.74, 6) is 0. The maximum Gasteiger partial charge on any atom is 0.0782 e. The molecule has 1 heterocycles. The lowest BCUT2D eigenvalue weighted by molar-refractivity contribution is 0.199. The number of piperazine rings is 1. The van der Waals surface area contributed by atoms with Crippen molar-refractivity contribution in [3.05, 3.63) is 29.8 Å². The summed E-state index contributed by atoms with van der Waals surface area (Å²) in [5.41, 5.74) is 2.13. The van der Waals surface area contributed by atoms with Gasteiger partial charge in [-0.25, -0.2) is 0 Å². The van der Waals surface area contributed by atoms with Crippen molar-refractivity contribution in [3.63, 3.8) is 0 Å². The summed E-state index contributed by atoms with van der Waals surface area (Å²) in [5, 5.41) is 9.73. The molecule has 1 radical (unpaired) electrons. The fourth-order valence-electron chi connectivity index (χ4n) is 2.11. The van der Waals surface area contributed by atoms with E-state index in [1.807, 2.05) is 25.1 Å². The Labute approximate surface area is 97.3 Å². The summed E-state index contributed by atoms with van der Waals surface area (Å²) in [6.07, 6.45) is -0.424. The fourth-order valence-corrected chi connectivity index (χ4v) is 2.11. The van der Waals surface area contributed by atoms with Crippen molar-refractivity contribution in [2.75, 3.05) is 38.1 Å². The largest absolute Gasteiger partial charge is 0.389 e. The van der Waals surface area contributed by atoms with Gasteiger partial charge in [-0.05, 0) is 32.2 Å². The molecule has 87 valence electrons. The van der Waals surface area contributed by atoms with Crippen LogP contribution < -0.4 is 4.90 Å². The molecular weight excluding hydrogens is 200 g/mol. The zero-order valence-corrected chi connectivity index (χ0v) is 9.98. The SMILES string of the molecule is CC(O)c1c[c]ccc1N1CCN(C)CC1. The number of hydrogen-bond acceptors (Lipinski definition) is 3. The Hall–Kier alpha value is -1.06. The highest BCUT2D eigenvalue weighted by atomic mass is 16.3. The summed E-state index contributed by atoms with van der Waals surface area (Å²) in [4.78, 5) is 4.67. The standard InChI is InChI=1S/C13H19N2O/c1-11(16)12-5-3-4-6-13(12)15-9-7-14(2)8-10-15/h4-6,11,16H,7-10H2,1-2H3. The van der Waals surface area contributed by atoms with E-state index in [-0.39, 0.29) is 0 Å². The minimum absolute atomic E-state index is 0.424. The Morgan fingerprint density at radius 1 is 1.31 bits per heavy atom. The van der Waals surface area contributed by atoms with Crippen LogP contribution in [0.1, 0.15) is 18.6 Å². The average Bonchev–Trinajstić information content (AvgIpc) is 2.30. The van der Waals surface area contributed by atoms with Gasteiger partial charge in [0.05, 0.1) is 6.10 Å². The van der Waals surface area contributed by atoms with E-state index >= 15 is 0 Å². The van der Waals surface area contributed by atoms with E-state index in [2.05, 4.69) is 22.9 Å². The van der Waals surface area contributed by atoms with Crippen LogP contribution in [-0.2, 0) is 0 Å². The first-order valence-electron chi connectivity index (χ1n) is 5.80. The molecule has 1 atom stereocenters. The smallest absolute Gasteiger partial charge is 0.0782 e. The quantitative estimate of drug-likeness (QED) is 0.812. The first-order valence-corrected chi connectivity index (χ1v) is 5.80. The lowest BCUT2D eigenvalue weighted by Crippen LogP contribution is -2.44. The molecule has 0 amide bonds. The van der Waals surface area contributed by atoms with E-state index in [0.717, 1.165) is 37.4 Å². The molecule has 1 unspecified atom stereocenters. The first-order chi connectivity index (χ1) is 7.68. The molecule has 0 aliphatic carbocycles. The topological polar surface area (TPSA) is 26.7 Å². The van der Waals surface area contributed by atoms with Gasteiger partial charge in [0.2, 0.25) is 0 Å². The van der Waals surface area contributed by atoms with Crippen LogP contribution in [0.15, 0.2) is 18.2 Å². The lowest BCUT2D eigenvalue weighted by atomic mass is 10.1. The Morgan fingerprint density at radius 2 is 2.00 bits per heavy atom. The zero-order chi connectivity index (χ0) is 11.5. The van der Waals surface area contributed by atoms with Crippen molar-refractivity contribution in [2.24, 2.45) is 0 Å². The van der Waals surface area contributed by atoms with Gasteiger partial charge in [0.1, 0.15) is 0 Å². The van der Waals surface area contributed by atoms with Gasteiger partial charge in [-0.15, -0.1) is 0 Å². The van der Waals surface area contributed by atoms with Crippen LogP contribution in [0.4, 0.5) is 5.69 Å². The van der Waals surface area contributed by atoms with Gasteiger partial charge in [-0.3, -0.25) is 0 Å². The number of nitrogens with zero attached hydrogens (tertiary/aromatic N) is 2. The Kier molecular flexibility index (Phi) is 3.46. The monoisotopic (exact) mass is 219 g/mol. The van der Waals surface area contributed by atoms with Crippen LogP contribution in [-0.4, -0.2) is 43.2 Å². The molecule has 1 aromatic rings. The van der Waals surface area contributed by atoms with Crippen LogP contribution in [0.5, 0.6) is 0 Å². The molecule has 1 saturated heterocycles. The van der Waals surface area contributed by atoms with Crippen molar-refractivity contribution >= 4 is 5.69 Å². The Morgan fingerprint density at radius 3 is 2.62 bits per heavy atom. The average molecular weight is 219 g/mol. The molecule has 16 heavy (non-hydrogen) atoms. The third-order valence-electron chi connectivity index (χ3n) is 3.17. The molecule has 1 aliphatic rings. The molecule has 3 heteroatoms. The Balaban J connectivity index is 2.19. The van der Waals surface area contributed by atoms with E-state index in [1.165, 1.54) is 0 Å². The minimum atomic E-state index is -0.424. The predicted molar refractivity (Wildman–Crippen MR) is 65.6 cm³/mol. The van der Waals surface area contributed by atoms with Gasteiger partial charge in [-0.1, -0.05) is 6.07 Å². The van der Waals surface area contributed by atoms with Gasteiger partial charge in [0.25, 0.3) is 0 Å². The molecular formula is C13H19N2O. The van der Waals surface area contributed by atoms with Crippen LogP contribution >= 0.6 is 0 Å². The molecule has 0 aromatic heterocycles. The van der Waals surface area contributed by atoms with Crippen molar-refractivity contribution in [1.29, 1.82) is 0 Å². The number of likely N-dealkylation sites (N-methyl/N-ethyl adjacent to an activating group) is 1. The van der Waals surface area contributed by atoms with Gasteiger partial charge in [0.15, 0.2) is 0 Å². The van der Waals surface area contributed by atoms with E-state index in [0.29, 0.717) is 0 Å². The van der Waals surface area contributed by atoms with Crippen LogP contribution in [0.2, 0.25) is 0 Å². The molecule has 1 aromatic carbocycles. The molecule has 2 rings (SSSR count). The van der Waals surface area contributed by atoms with Crippen molar-refractivity contribution in [2.45, 2.75) is 13.0 Å². The van der Waals surface area contributed by atoms with E-state index in [1.54, 1.807) is 0 Å². The highest BCUT2D eigenvalue weighted by Crippen LogP contribution is 2.26. The molecule has 1 fully saturated rings. The van der Waals surface area contributed by atoms with E-state index in [4.69, 9.17) is 0 Å². The molecule has 0 saturated carbocycles. The maximum absolute atomic E-state index is 9.73. The van der Waals surface area contributed by atoms with Crippen molar-refractivity contribution in [1.82, 2.24) is 4.90 Å². The summed E-state index contributed by atoms with van der Waals surface area (Å²) >= 11 is 0. The van der Waals surface area contributed by atoms with Gasteiger partial charge in [0, 0.05) is 37.4 Å². The highest BCUT2D eigenvalue weighted by molar-refractivity contribution is 5.54. The van der Waals surface area contributed by atoms with E-state index < -0.39 is 6.10 Å². The van der Waals surface area contributed by atoms with Crippen LogP contribution in [0.3, 0.4) is 0 Å². The number of anilines is 1. The second-order valence-corrected chi connectivity index (χ2v) is 4.45. The Bertz CT molecular complexity index is 344. The summed E-state index contributed by atoms with van der Waals surface area (Å²) in [6, 6.07) is 8.89. The van der Waals surface area contributed by atoms with Gasteiger partial charge in [-0.2, -0.15) is 0 Å². The zero-order valence-electron chi connectivity index (χ0n) is 9.98. The van der Waals surface area contributed by atoms with Crippen LogP contribution in [0.25, 0.3) is 0 Å². The number of aliphatic hydroxyl groups excluding tert-OH is 1. The van der Waals surface area contributed by atoms with Gasteiger partial charge >= 0.3 is 0 Å². The number of rotatable bonds is 2. The van der Waals surface area contributed by atoms with Crippen molar-refractivity contribution < 1.29 is 5.11 Å². The third kappa shape index (κ3) is 2.36. The summed E-state index contributed by atoms with van der Waals surface area (Å²) in [7, 11) is 2.14. The molecule has 0 bridgehead atoms. The number of aliphatic hydroxyl groups is 1. The van der Waals surface area contributed by atoms with Gasteiger partial charge < -0.3 is 14.9 Å². The predicted octanol–water partition coefficient (Wildman–Crippen LogP) is 1.29. The molecule has 3 nitrogen and oxygen atoms in total. The molecule has 1 aliphatic heterocycles. The lowest BCUT2D eigenvalue weighted by Gasteiger charge is -2.35.